The molecule has 3 rings (SSSR count). The van der Waals surface area contributed by atoms with Crippen molar-refractivity contribution in [2.24, 2.45) is 0 Å². The van der Waals surface area contributed by atoms with Crippen LogP contribution in [-0.2, 0) is 0 Å². The van der Waals surface area contributed by atoms with Crippen molar-refractivity contribution in [3.8, 4) is 16.2 Å². The van der Waals surface area contributed by atoms with Crippen LogP contribution in [0.2, 0.25) is 0 Å². The predicted molar refractivity (Wildman–Crippen MR) is 58.3 cm³/mol. The second kappa shape index (κ2) is 3.06. The third-order valence-electron chi connectivity index (χ3n) is 2.22. The minimum absolute atomic E-state index is 0.742. The predicted octanol–water partition coefficient (Wildman–Crippen LogP) is 1.84. The molecule has 2 aromatic rings. The van der Waals surface area contributed by atoms with Gasteiger partial charge in [-0.2, -0.15) is 0 Å². The Balaban J connectivity index is 2.29. The molecule has 1 aromatic heterocycles. The highest BCUT2D eigenvalue weighted by Crippen LogP contribution is 2.45. The maximum atomic E-state index is 11.7. The van der Waals surface area contributed by atoms with Gasteiger partial charge in [-0.05, 0) is 23.6 Å². The van der Waals surface area contributed by atoms with E-state index in [2.05, 4.69) is 0 Å². The first-order valence-electron chi connectivity index (χ1n) is 4.25. The number of rotatable bonds is 0. The second-order valence-electron chi connectivity index (χ2n) is 3.05. The molecule has 1 unspecified atom stereocenters. The molecule has 0 aliphatic carbocycles. The number of benzene rings is 1. The fourth-order valence-corrected chi connectivity index (χ4v) is 3.98. The summed E-state index contributed by atoms with van der Waals surface area (Å²) < 4.78 is 5.37. The Morgan fingerprint density at radius 2 is 2.07 bits per heavy atom. The lowest BCUT2D eigenvalue weighted by Gasteiger charge is -2.20. The molecule has 0 radical (unpaired) electrons. The van der Waals surface area contributed by atoms with Crippen molar-refractivity contribution >= 4 is 25.0 Å². The fourth-order valence-electron chi connectivity index (χ4n) is 1.58. The molecule has 0 spiro atoms. The van der Waals surface area contributed by atoms with Crippen molar-refractivity contribution in [1.29, 1.82) is 0 Å². The Bertz CT molecular complexity index is 480. The Morgan fingerprint density at radius 1 is 1.21 bits per heavy atom. The minimum atomic E-state index is -2.06. The zero-order valence-electron chi connectivity index (χ0n) is 7.19. The largest absolute Gasteiger partial charge is 0.646 e. The summed E-state index contributed by atoms with van der Waals surface area (Å²) in [4.78, 5) is 12.8. The van der Waals surface area contributed by atoms with E-state index >= 15 is 0 Å². The van der Waals surface area contributed by atoms with Gasteiger partial charge in [0.05, 0.1) is 4.88 Å². The van der Waals surface area contributed by atoms with Crippen LogP contribution in [0.15, 0.2) is 35.7 Å². The summed E-state index contributed by atoms with van der Waals surface area (Å²) in [6.07, 6.45) is 0. The van der Waals surface area contributed by atoms with Gasteiger partial charge in [-0.25, -0.2) is 0 Å². The van der Waals surface area contributed by atoms with Crippen LogP contribution in [0.1, 0.15) is 0 Å². The molecule has 1 atom stereocenters. The van der Waals surface area contributed by atoms with Crippen molar-refractivity contribution in [3.05, 3.63) is 35.7 Å². The lowest BCUT2D eigenvalue weighted by atomic mass is 10.1. The van der Waals surface area contributed by atoms with Crippen molar-refractivity contribution in [3.63, 3.8) is 0 Å². The van der Waals surface area contributed by atoms with Gasteiger partial charge in [-0.15, -0.1) is 11.3 Å². The zero-order chi connectivity index (χ0) is 9.54. The van der Waals surface area contributed by atoms with E-state index in [0.717, 1.165) is 21.5 Å². The number of thiophene rings is 1. The molecule has 0 amide bonds. The van der Waals surface area contributed by atoms with E-state index in [1.165, 1.54) is 0 Å². The number of para-hydroxylation sites is 1. The van der Waals surface area contributed by atoms with Gasteiger partial charge >= 0.3 is 0 Å². The molecular weight excluding hydrogens is 215 g/mol. The van der Waals surface area contributed by atoms with Crippen molar-refractivity contribution in [2.75, 3.05) is 0 Å². The number of hydrogen-bond acceptors (Lipinski definition) is 3. The van der Waals surface area contributed by atoms with Crippen LogP contribution < -0.4 is 14.7 Å². The molecule has 4 heteroatoms. The van der Waals surface area contributed by atoms with Gasteiger partial charge in [0.15, 0.2) is 14.1 Å². The number of hydrogen-bond donors (Lipinski definition) is 0. The molecule has 0 N–H and O–H groups in total. The smallest absolute Gasteiger partial charge is 0.182 e. The van der Waals surface area contributed by atoms with Crippen LogP contribution in [0.5, 0.6) is 5.75 Å². The first-order valence-corrected chi connectivity index (χ1v) is 6.45. The van der Waals surface area contributed by atoms with Gasteiger partial charge in [0.1, 0.15) is 5.30 Å². The maximum absolute atomic E-state index is 11.7. The summed E-state index contributed by atoms with van der Waals surface area (Å²) in [6.45, 7) is 0. The monoisotopic (exact) mass is 222 g/mol. The molecule has 1 aliphatic rings. The van der Waals surface area contributed by atoms with E-state index in [0.29, 0.717) is 0 Å². The van der Waals surface area contributed by atoms with E-state index in [4.69, 9.17) is 4.52 Å². The van der Waals surface area contributed by atoms with Crippen molar-refractivity contribution in [2.45, 2.75) is 0 Å². The highest BCUT2D eigenvalue weighted by Gasteiger charge is 2.26. The van der Waals surface area contributed by atoms with Gasteiger partial charge in [-0.1, -0.05) is 12.1 Å². The topological polar surface area (TPSA) is 32.3 Å². The highest BCUT2D eigenvalue weighted by molar-refractivity contribution is 7.55. The Morgan fingerprint density at radius 3 is 3.00 bits per heavy atom. The Labute approximate surface area is 86.7 Å². The first kappa shape index (κ1) is 8.42. The Kier molecular flexibility index (Phi) is 1.84. The molecular formula is C10H7O2PS. The number of fused-ring (bicyclic) bond motifs is 3. The Hall–Kier alpha value is -0.890. The standard InChI is InChI=1S/C10H7O2PS/c11-13-9-5-6-14-10(9)7-3-1-2-4-8(7)12-13/h1-6,13H. The van der Waals surface area contributed by atoms with Crippen molar-refractivity contribution < 1.29 is 9.42 Å². The normalized spacial score (nSPS) is 18.2. The zero-order valence-corrected chi connectivity index (χ0v) is 9.01. The third-order valence-corrected chi connectivity index (χ3v) is 4.61. The molecule has 1 aliphatic heterocycles. The van der Waals surface area contributed by atoms with Crippen LogP contribution >= 0.6 is 19.7 Å². The summed E-state index contributed by atoms with van der Waals surface area (Å²) in [5, 5.41) is 2.82. The molecule has 2 nitrogen and oxygen atoms in total. The quantitative estimate of drug-likeness (QED) is 0.637. The molecule has 0 fully saturated rings. The van der Waals surface area contributed by atoms with E-state index in [-0.39, 0.29) is 0 Å². The van der Waals surface area contributed by atoms with Crippen LogP contribution in [0.3, 0.4) is 0 Å². The third kappa shape index (κ3) is 1.10. The molecule has 70 valence electrons. The molecule has 0 saturated carbocycles. The van der Waals surface area contributed by atoms with Gasteiger partial charge in [-0.3, -0.25) is 0 Å². The van der Waals surface area contributed by atoms with Gasteiger partial charge in [0, 0.05) is 5.56 Å². The van der Waals surface area contributed by atoms with Crippen LogP contribution in [0.4, 0.5) is 0 Å². The molecule has 14 heavy (non-hydrogen) atoms. The van der Waals surface area contributed by atoms with Gasteiger partial charge in [0.2, 0.25) is 0 Å². The summed E-state index contributed by atoms with van der Waals surface area (Å²) in [7, 11) is -2.06. The SMILES string of the molecule is [O-][PH+]1Oc2ccccc2-c2sccc21. The summed E-state index contributed by atoms with van der Waals surface area (Å²) in [6, 6.07) is 9.61. The molecule has 0 saturated heterocycles. The molecule has 1 aromatic carbocycles. The minimum Gasteiger partial charge on any atom is -0.646 e. The summed E-state index contributed by atoms with van der Waals surface area (Å²) in [5.74, 6) is 0.742. The van der Waals surface area contributed by atoms with Gasteiger partial charge < -0.3 is 9.42 Å². The molecule has 2 heterocycles. The highest BCUT2D eigenvalue weighted by atomic mass is 32.1. The lowest BCUT2D eigenvalue weighted by molar-refractivity contribution is -0.169. The van der Waals surface area contributed by atoms with Gasteiger partial charge in [0.25, 0.3) is 0 Å². The summed E-state index contributed by atoms with van der Waals surface area (Å²) >= 11 is 1.62. The summed E-state index contributed by atoms with van der Waals surface area (Å²) in [5.41, 5.74) is 1.06. The average molecular weight is 222 g/mol. The first-order chi connectivity index (χ1) is 6.86. The average Bonchev–Trinajstić information content (AvgIpc) is 2.67. The molecule has 0 bridgehead atoms. The van der Waals surface area contributed by atoms with Crippen LogP contribution in [-0.4, -0.2) is 0 Å². The van der Waals surface area contributed by atoms with E-state index < -0.39 is 8.38 Å². The maximum Gasteiger partial charge on any atom is 0.182 e. The lowest BCUT2D eigenvalue weighted by Crippen LogP contribution is -2.18. The van der Waals surface area contributed by atoms with Crippen LogP contribution in [0.25, 0.3) is 10.4 Å². The van der Waals surface area contributed by atoms with Crippen LogP contribution in [0, 0.1) is 0 Å². The van der Waals surface area contributed by atoms with Crippen molar-refractivity contribution in [1.82, 2.24) is 0 Å². The fraction of sp³-hybridized carbons (Fsp3) is 0. The van der Waals surface area contributed by atoms with E-state index in [1.807, 2.05) is 35.7 Å². The second-order valence-corrected chi connectivity index (χ2v) is 5.28. The van der Waals surface area contributed by atoms with E-state index in [9.17, 15) is 4.89 Å². The van der Waals surface area contributed by atoms with E-state index in [1.54, 1.807) is 11.3 Å².